The number of hydrogen-bond acceptors (Lipinski definition) is 3. The Bertz CT molecular complexity index is 711. The first-order valence-corrected chi connectivity index (χ1v) is 8.28. The summed E-state index contributed by atoms with van der Waals surface area (Å²) in [6.45, 7) is 2.48. The van der Waals surface area contributed by atoms with Crippen LogP contribution in [0, 0.1) is 17.2 Å². The van der Waals surface area contributed by atoms with Gasteiger partial charge in [-0.3, -0.25) is 4.68 Å². The molecule has 2 aromatic rings. The van der Waals surface area contributed by atoms with E-state index in [0.29, 0.717) is 17.2 Å². The number of aromatic nitrogens is 2. The second-order valence-corrected chi connectivity index (χ2v) is 6.11. The Kier molecular flexibility index (Phi) is 5.12. The molecule has 1 aromatic heterocycles. The van der Waals surface area contributed by atoms with Crippen LogP contribution in [0.15, 0.2) is 42.7 Å². The summed E-state index contributed by atoms with van der Waals surface area (Å²) in [5.41, 5.74) is 1.21. The normalized spacial score (nSPS) is 15.0. The van der Waals surface area contributed by atoms with Gasteiger partial charge in [-0.2, -0.15) is 10.4 Å². The third-order valence-electron chi connectivity index (χ3n) is 4.47. The average Bonchev–Trinajstić information content (AvgIpc) is 3.14. The number of urea groups is 1. The first-order valence-electron chi connectivity index (χ1n) is 8.28. The minimum Gasteiger partial charge on any atom is -0.325 e. The van der Waals surface area contributed by atoms with Gasteiger partial charge in [0.2, 0.25) is 0 Å². The largest absolute Gasteiger partial charge is 0.325 e. The summed E-state index contributed by atoms with van der Waals surface area (Å²) in [6, 6.07) is 10.9. The number of nitrogens with one attached hydrogen (secondary N) is 1. The highest BCUT2D eigenvalue weighted by Crippen LogP contribution is 2.22. The molecule has 1 aliphatic heterocycles. The fourth-order valence-corrected chi connectivity index (χ4v) is 3.04. The van der Waals surface area contributed by atoms with Gasteiger partial charge in [-0.05, 0) is 49.4 Å². The zero-order valence-corrected chi connectivity index (χ0v) is 13.6. The number of anilines is 1. The van der Waals surface area contributed by atoms with Crippen molar-refractivity contribution in [3.05, 3.63) is 48.3 Å². The third kappa shape index (κ3) is 4.13. The molecule has 1 fully saturated rings. The molecular weight excluding hydrogens is 302 g/mol. The Morgan fingerprint density at radius 2 is 2.17 bits per heavy atom. The van der Waals surface area contributed by atoms with E-state index in [9.17, 15) is 4.79 Å². The van der Waals surface area contributed by atoms with Crippen LogP contribution < -0.4 is 5.32 Å². The third-order valence-corrected chi connectivity index (χ3v) is 4.47. The second kappa shape index (κ2) is 7.64. The number of piperidine rings is 1. The van der Waals surface area contributed by atoms with Gasteiger partial charge in [0.25, 0.3) is 0 Å². The van der Waals surface area contributed by atoms with Crippen molar-refractivity contribution in [2.45, 2.75) is 25.8 Å². The van der Waals surface area contributed by atoms with Crippen molar-refractivity contribution in [2.24, 2.45) is 5.92 Å². The van der Waals surface area contributed by atoms with E-state index in [1.165, 1.54) is 0 Å². The van der Waals surface area contributed by atoms with Crippen molar-refractivity contribution in [1.82, 2.24) is 14.7 Å². The minimum absolute atomic E-state index is 0.0874. The number of nitriles is 1. The van der Waals surface area contributed by atoms with Crippen LogP contribution in [0.3, 0.4) is 0 Å². The maximum atomic E-state index is 12.3. The van der Waals surface area contributed by atoms with Crippen LogP contribution in [-0.4, -0.2) is 33.8 Å². The maximum Gasteiger partial charge on any atom is 0.321 e. The summed E-state index contributed by atoms with van der Waals surface area (Å²) in [7, 11) is 0. The standard InChI is InChI=1S/C18H21N5O/c19-14-16-3-1-4-17(13-16)21-18(24)22-10-5-15(6-11-22)7-12-23-9-2-8-20-23/h1-4,8-9,13,15H,5-7,10-12H2,(H,21,24). The van der Waals surface area contributed by atoms with Crippen molar-refractivity contribution >= 4 is 11.7 Å². The van der Waals surface area contributed by atoms with E-state index in [0.717, 1.165) is 38.9 Å². The molecule has 0 atom stereocenters. The molecule has 0 aliphatic carbocycles. The summed E-state index contributed by atoms with van der Waals surface area (Å²) in [5, 5.41) is 16.0. The summed E-state index contributed by atoms with van der Waals surface area (Å²) in [6.07, 6.45) is 6.92. The highest BCUT2D eigenvalue weighted by molar-refractivity contribution is 5.89. The van der Waals surface area contributed by atoms with Crippen LogP contribution >= 0.6 is 0 Å². The van der Waals surface area contributed by atoms with Gasteiger partial charge < -0.3 is 10.2 Å². The molecule has 1 aliphatic rings. The Balaban J connectivity index is 1.45. The summed E-state index contributed by atoms with van der Waals surface area (Å²) in [4.78, 5) is 14.2. The van der Waals surface area contributed by atoms with Gasteiger partial charge in [0.15, 0.2) is 0 Å². The summed E-state index contributed by atoms with van der Waals surface area (Å²) < 4.78 is 1.96. The highest BCUT2D eigenvalue weighted by atomic mass is 16.2. The molecule has 0 bridgehead atoms. The number of likely N-dealkylation sites (tertiary alicyclic amines) is 1. The number of amides is 2. The van der Waals surface area contributed by atoms with E-state index in [1.54, 1.807) is 30.5 Å². The molecule has 0 unspecified atom stereocenters. The fraction of sp³-hybridized carbons (Fsp3) is 0.389. The quantitative estimate of drug-likeness (QED) is 0.939. The fourth-order valence-electron chi connectivity index (χ4n) is 3.04. The number of hydrogen-bond donors (Lipinski definition) is 1. The Labute approximate surface area is 141 Å². The lowest BCUT2D eigenvalue weighted by Crippen LogP contribution is -2.41. The van der Waals surface area contributed by atoms with E-state index in [1.807, 2.05) is 21.8 Å². The molecule has 0 saturated carbocycles. The van der Waals surface area contributed by atoms with Crippen LogP contribution in [-0.2, 0) is 6.54 Å². The number of aryl methyl sites for hydroxylation is 1. The van der Waals surface area contributed by atoms with Crippen molar-refractivity contribution in [3.8, 4) is 6.07 Å². The van der Waals surface area contributed by atoms with Gasteiger partial charge >= 0.3 is 6.03 Å². The molecule has 1 saturated heterocycles. The Morgan fingerprint density at radius 3 is 2.88 bits per heavy atom. The molecule has 0 radical (unpaired) electrons. The minimum atomic E-state index is -0.0874. The molecule has 0 spiro atoms. The molecule has 3 rings (SSSR count). The predicted octanol–water partition coefficient (Wildman–Crippen LogP) is 3.09. The first kappa shape index (κ1) is 16.1. The lowest BCUT2D eigenvalue weighted by atomic mass is 9.94. The number of carbonyl (C=O) groups excluding carboxylic acids is 1. The zero-order valence-electron chi connectivity index (χ0n) is 13.6. The highest BCUT2D eigenvalue weighted by Gasteiger charge is 2.22. The van der Waals surface area contributed by atoms with Crippen molar-refractivity contribution in [2.75, 3.05) is 18.4 Å². The van der Waals surface area contributed by atoms with E-state index in [2.05, 4.69) is 16.5 Å². The number of benzene rings is 1. The van der Waals surface area contributed by atoms with Crippen LogP contribution in [0.2, 0.25) is 0 Å². The molecule has 2 heterocycles. The Hall–Kier alpha value is -2.81. The lowest BCUT2D eigenvalue weighted by molar-refractivity contribution is 0.177. The van der Waals surface area contributed by atoms with Gasteiger partial charge in [-0.25, -0.2) is 4.79 Å². The lowest BCUT2D eigenvalue weighted by Gasteiger charge is -2.32. The van der Waals surface area contributed by atoms with Gasteiger partial charge in [0.05, 0.1) is 11.6 Å². The molecule has 24 heavy (non-hydrogen) atoms. The van der Waals surface area contributed by atoms with Crippen molar-refractivity contribution in [3.63, 3.8) is 0 Å². The number of carbonyl (C=O) groups is 1. The Morgan fingerprint density at radius 1 is 1.33 bits per heavy atom. The number of rotatable bonds is 4. The summed E-state index contributed by atoms with van der Waals surface area (Å²) in [5.74, 6) is 0.639. The van der Waals surface area contributed by atoms with E-state index in [4.69, 9.17) is 5.26 Å². The molecule has 124 valence electrons. The van der Waals surface area contributed by atoms with Crippen LogP contribution in [0.1, 0.15) is 24.8 Å². The van der Waals surface area contributed by atoms with Crippen molar-refractivity contribution in [1.29, 1.82) is 5.26 Å². The molecular formula is C18H21N5O. The molecule has 6 nitrogen and oxygen atoms in total. The zero-order chi connectivity index (χ0) is 16.8. The predicted molar refractivity (Wildman–Crippen MR) is 91.3 cm³/mol. The molecule has 6 heteroatoms. The van der Waals surface area contributed by atoms with Gasteiger partial charge in [-0.15, -0.1) is 0 Å². The van der Waals surface area contributed by atoms with Crippen LogP contribution in [0.5, 0.6) is 0 Å². The van der Waals surface area contributed by atoms with E-state index in [-0.39, 0.29) is 6.03 Å². The average molecular weight is 323 g/mol. The molecule has 1 aromatic carbocycles. The second-order valence-electron chi connectivity index (χ2n) is 6.11. The smallest absolute Gasteiger partial charge is 0.321 e. The van der Waals surface area contributed by atoms with Crippen LogP contribution in [0.4, 0.5) is 10.5 Å². The van der Waals surface area contributed by atoms with Crippen LogP contribution in [0.25, 0.3) is 0 Å². The van der Waals surface area contributed by atoms with Gasteiger partial charge in [0.1, 0.15) is 0 Å². The maximum absolute atomic E-state index is 12.3. The topological polar surface area (TPSA) is 74.0 Å². The SMILES string of the molecule is N#Cc1cccc(NC(=O)N2CCC(CCn3cccn3)CC2)c1. The first-order chi connectivity index (χ1) is 11.7. The number of nitrogens with zero attached hydrogens (tertiary/aromatic N) is 4. The van der Waals surface area contributed by atoms with Gasteiger partial charge in [-0.1, -0.05) is 6.07 Å². The van der Waals surface area contributed by atoms with Gasteiger partial charge in [0, 0.05) is 37.7 Å². The molecule has 2 amide bonds. The van der Waals surface area contributed by atoms with E-state index >= 15 is 0 Å². The summed E-state index contributed by atoms with van der Waals surface area (Å²) >= 11 is 0. The van der Waals surface area contributed by atoms with E-state index < -0.39 is 0 Å². The molecule has 1 N–H and O–H groups in total. The monoisotopic (exact) mass is 323 g/mol. The van der Waals surface area contributed by atoms with Crippen molar-refractivity contribution < 1.29 is 4.79 Å².